The molecule has 0 aromatic carbocycles. The van der Waals surface area contributed by atoms with Crippen LogP contribution in [0.3, 0.4) is 0 Å². The van der Waals surface area contributed by atoms with Crippen LogP contribution in [0.1, 0.15) is 33.1 Å². The molecule has 0 radical (unpaired) electrons. The SMILES string of the molecule is CC(C)(ON)C1CCCCN1. The molecule has 3 N–H and O–H groups in total. The third kappa shape index (κ3) is 2.15. The van der Waals surface area contributed by atoms with E-state index in [2.05, 4.69) is 5.32 Å². The van der Waals surface area contributed by atoms with Gasteiger partial charge in [-0.2, -0.15) is 0 Å². The zero-order valence-corrected chi connectivity index (χ0v) is 7.39. The van der Waals surface area contributed by atoms with Gasteiger partial charge >= 0.3 is 0 Å². The molecule has 1 aliphatic heterocycles. The molecule has 3 nitrogen and oxygen atoms in total. The minimum absolute atomic E-state index is 0.222. The average Bonchev–Trinajstić information content (AvgIpc) is 2.06. The lowest BCUT2D eigenvalue weighted by Crippen LogP contribution is -2.51. The first kappa shape index (κ1) is 8.97. The topological polar surface area (TPSA) is 47.3 Å². The molecule has 1 atom stereocenters. The zero-order valence-electron chi connectivity index (χ0n) is 7.39. The molecule has 11 heavy (non-hydrogen) atoms. The molecule has 0 aromatic rings. The summed E-state index contributed by atoms with van der Waals surface area (Å²) in [5.74, 6) is 5.20. The van der Waals surface area contributed by atoms with Crippen LogP contribution in [0.5, 0.6) is 0 Å². The van der Waals surface area contributed by atoms with Crippen LogP contribution in [0.25, 0.3) is 0 Å². The van der Waals surface area contributed by atoms with E-state index < -0.39 is 0 Å². The normalized spacial score (nSPS) is 27.0. The predicted octanol–water partition coefficient (Wildman–Crippen LogP) is 0.797. The molecule has 0 aromatic heterocycles. The van der Waals surface area contributed by atoms with Crippen LogP contribution in [0.4, 0.5) is 0 Å². The van der Waals surface area contributed by atoms with Gasteiger partial charge in [0.25, 0.3) is 0 Å². The van der Waals surface area contributed by atoms with E-state index in [1.165, 1.54) is 19.3 Å². The summed E-state index contributed by atoms with van der Waals surface area (Å²) in [5, 5.41) is 3.41. The van der Waals surface area contributed by atoms with Crippen molar-refractivity contribution in [3.8, 4) is 0 Å². The highest BCUT2D eigenvalue weighted by Gasteiger charge is 2.30. The van der Waals surface area contributed by atoms with Gasteiger partial charge in [-0.05, 0) is 33.2 Å². The van der Waals surface area contributed by atoms with Gasteiger partial charge in [0.15, 0.2) is 0 Å². The highest BCUT2D eigenvalue weighted by molar-refractivity contribution is 4.87. The maximum atomic E-state index is 5.20. The second-order valence-corrected chi connectivity index (χ2v) is 3.72. The quantitative estimate of drug-likeness (QED) is 0.584. The number of nitrogens with one attached hydrogen (secondary N) is 1. The van der Waals surface area contributed by atoms with Crippen LogP contribution in [0, 0.1) is 0 Å². The van der Waals surface area contributed by atoms with Crippen LogP contribution < -0.4 is 11.2 Å². The first-order valence-electron chi connectivity index (χ1n) is 4.28. The van der Waals surface area contributed by atoms with Gasteiger partial charge in [0, 0.05) is 6.04 Å². The highest BCUT2D eigenvalue weighted by Crippen LogP contribution is 2.20. The van der Waals surface area contributed by atoms with Crippen molar-refractivity contribution in [3.63, 3.8) is 0 Å². The minimum atomic E-state index is -0.222. The Hall–Kier alpha value is -0.120. The fourth-order valence-corrected chi connectivity index (χ4v) is 1.53. The largest absolute Gasteiger partial charge is 0.311 e. The standard InChI is InChI=1S/C8H18N2O/c1-8(2,11-9)7-5-3-4-6-10-7/h7,10H,3-6,9H2,1-2H3. The van der Waals surface area contributed by atoms with Crippen molar-refractivity contribution < 1.29 is 4.84 Å². The Morgan fingerprint density at radius 3 is 2.64 bits per heavy atom. The lowest BCUT2D eigenvalue weighted by Gasteiger charge is -2.35. The van der Waals surface area contributed by atoms with Crippen molar-refractivity contribution in [1.29, 1.82) is 0 Å². The molecule has 1 saturated heterocycles. The van der Waals surface area contributed by atoms with E-state index in [-0.39, 0.29) is 5.60 Å². The molecule has 3 heteroatoms. The van der Waals surface area contributed by atoms with Crippen molar-refractivity contribution in [3.05, 3.63) is 0 Å². The van der Waals surface area contributed by atoms with Crippen molar-refractivity contribution in [2.45, 2.75) is 44.8 Å². The Morgan fingerprint density at radius 2 is 2.18 bits per heavy atom. The monoisotopic (exact) mass is 158 g/mol. The second kappa shape index (κ2) is 3.52. The van der Waals surface area contributed by atoms with E-state index in [1.54, 1.807) is 0 Å². The maximum Gasteiger partial charge on any atom is 0.0989 e. The number of nitrogens with two attached hydrogens (primary N) is 1. The smallest absolute Gasteiger partial charge is 0.0989 e. The molecule has 0 aliphatic carbocycles. The van der Waals surface area contributed by atoms with Crippen molar-refractivity contribution >= 4 is 0 Å². The highest BCUT2D eigenvalue weighted by atomic mass is 16.6. The van der Waals surface area contributed by atoms with Crippen LogP contribution in [0.15, 0.2) is 0 Å². The maximum absolute atomic E-state index is 5.20. The summed E-state index contributed by atoms with van der Waals surface area (Å²) in [6.45, 7) is 5.14. The van der Waals surface area contributed by atoms with E-state index in [1.807, 2.05) is 13.8 Å². The Morgan fingerprint density at radius 1 is 1.45 bits per heavy atom. The number of rotatable bonds is 2. The second-order valence-electron chi connectivity index (χ2n) is 3.72. The van der Waals surface area contributed by atoms with Crippen molar-refractivity contribution in [1.82, 2.24) is 5.32 Å². The Bertz CT molecular complexity index is 119. The Balaban J connectivity index is 2.43. The van der Waals surface area contributed by atoms with Gasteiger partial charge in [-0.25, -0.2) is 5.90 Å². The van der Waals surface area contributed by atoms with E-state index in [0.717, 1.165) is 6.54 Å². The van der Waals surface area contributed by atoms with Gasteiger partial charge in [-0.3, -0.25) is 4.84 Å². The Labute approximate surface area is 68.2 Å². The lowest BCUT2D eigenvalue weighted by molar-refractivity contribution is -0.0523. The molecular formula is C8H18N2O. The fraction of sp³-hybridized carbons (Fsp3) is 1.00. The van der Waals surface area contributed by atoms with Crippen molar-refractivity contribution in [2.24, 2.45) is 5.90 Å². The minimum Gasteiger partial charge on any atom is -0.311 e. The molecule has 1 unspecified atom stereocenters. The number of hydrogen-bond acceptors (Lipinski definition) is 3. The van der Waals surface area contributed by atoms with Gasteiger partial charge in [0.05, 0.1) is 5.60 Å². The van der Waals surface area contributed by atoms with Crippen LogP contribution in [-0.4, -0.2) is 18.2 Å². The molecule has 1 heterocycles. The third-order valence-electron chi connectivity index (χ3n) is 2.45. The lowest BCUT2D eigenvalue weighted by atomic mass is 9.91. The Kier molecular flexibility index (Phi) is 2.87. The summed E-state index contributed by atoms with van der Waals surface area (Å²) in [4.78, 5) is 4.91. The van der Waals surface area contributed by atoms with E-state index in [0.29, 0.717) is 6.04 Å². The van der Waals surface area contributed by atoms with E-state index in [9.17, 15) is 0 Å². The van der Waals surface area contributed by atoms with E-state index in [4.69, 9.17) is 10.7 Å². The van der Waals surface area contributed by atoms with Crippen LogP contribution >= 0.6 is 0 Å². The average molecular weight is 158 g/mol. The predicted molar refractivity (Wildman–Crippen MR) is 45.0 cm³/mol. The molecule has 0 spiro atoms. The van der Waals surface area contributed by atoms with Gasteiger partial charge < -0.3 is 5.32 Å². The summed E-state index contributed by atoms with van der Waals surface area (Å²) in [6.07, 6.45) is 3.73. The van der Waals surface area contributed by atoms with Crippen LogP contribution in [-0.2, 0) is 4.84 Å². The van der Waals surface area contributed by atoms with Crippen LogP contribution in [0.2, 0.25) is 0 Å². The molecule has 0 bridgehead atoms. The molecular weight excluding hydrogens is 140 g/mol. The van der Waals surface area contributed by atoms with E-state index >= 15 is 0 Å². The number of piperidine rings is 1. The molecule has 66 valence electrons. The molecule has 1 aliphatic rings. The first-order valence-corrected chi connectivity index (χ1v) is 4.28. The molecule has 0 amide bonds. The zero-order chi connectivity index (χ0) is 8.32. The summed E-state index contributed by atoms with van der Waals surface area (Å²) in [7, 11) is 0. The van der Waals surface area contributed by atoms with Gasteiger partial charge in [-0.1, -0.05) is 6.42 Å². The molecule has 1 fully saturated rings. The van der Waals surface area contributed by atoms with Crippen molar-refractivity contribution in [2.75, 3.05) is 6.54 Å². The number of hydrogen-bond donors (Lipinski definition) is 2. The molecule has 1 rings (SSSR count). The fourth-order valence-electron chi connectivity index (χ4n) is 1.53. The molecule has 0 saturated carbocycles. The summed E-state index contributed by atoms with van der Waals surface area (Å²) in [5.41, 5.74) is -0.222. The summed E-state index contributed by atoms with van der Waals surface area (Å²) >= 11 is 0. The summed E-state index contributed by atoms with van der Waals surface area (Å²) in [6, 6.07) is 0.418. The summed E-state index contributed by atoms with van der Waals surface area (Å²) < 4.78 is 0. The third-order valence-corrected chi connectivity index (χ3v) is 2.45. The van der Waals surface area contributed by atoms with Gasteiger partial charge in [0.2, 0.25) is 0 Å². The first-order chi connectivity index (χ1) is 5.17. The van der Waals surface area contributed by atoms with Gasteiger partial charge in [-0.15, -0.1) is 0 Å². The van der Waals surface area contributed by atoms with Gasteiger partial charge in [0.1, 0.15) is 0 Å².